The fourth-order valence-electron chi connectivity index (χ4n) is 2.62. The number of aryl methyl sites for hydroxylation is 1. The summed E-state index contributed by atoms with van der Waals surface area (Å²) in [4.78, 5) is 8.63. The molecule has 0 radical (unpaired) electrons. The molecule has 0 saturated carbocycles. The Morgan fingerprint density at radius 2 is 1.76 bits per heavy atom. The number of hydrogen-bond acceptors (Lipinski definition) is 5. The molecule has 0 fully saturated rings. The van der Waals surface area contributed by atoms with Crippen LogP contribution >= 0.6 is 0 Å². The molecule has 0 bridgehead atoms. The molecule has 1 aromatic heterocycles. The van der Waals surface area contributed by atoms with Gasteiger partial charge < -0.3 is 0 Å². The van der Waals surface area contributed by atoms with Crippen LogP contribution in [0, 0.1) is 17.0 Å². The Morgan fingerprint density at radius 3 is 2.34 bits per heavy atom. The van der Waals surface area contributed by atoms with Crippen molar-refractivity contribution in [3.05, 3.63) is 76.0 Å². The highest BCUT2D eigenvalue weighted by Gasteiger charge is 2.39. The van der Waals surface area contributed by atoms with Crippen LogP contribution in [0.1, 0.15) is 11.3 Å². The van der Waals surface area contributed by atoms with Crippen molar-refractivity contribution in [2.75, 3.05) is 4.72 Å². The van der Waals surface area contributed by atoms with Crippen molar-refractivity contribution in [3.8, 4) is 5.69 Å². The van der Waals surface area contributed by atoms with Gasteiger partial charge in [0.1, 0.15) is 10.7 Å². The van der Waals surface area contributed by atoms with E-state index in [9.17, 15) is 31.7 Å². The Balaban J connectivity index is 2.10. The third kappa shape index (κ3) is 4.21. The van der Waals surface area contributed by atoms with Gasteiger partial charge in [0.05, 0.1) is 21.9 Å². The van der Waals surface area contributed by atoms with E-state index in [-0.39, 0.29) is 11.9 Å². The molecule has 0 saturated heterocycles. The number of aromatic nitrogens is 2. The van der Waals surface area contributed by atoms with Crippen LogP contribution in [-0.2, 0) is 16.2 Å². The topological polar surface area (TPSA) is 107 Å². The van der Waals surface area contributed by atoms with Crippen molar-refractivity contribution in [3.63, 3.8) is 0 Å². The minimum atomic E-state index is -5.12. The number of non-ortho nitro benzene ring substituents is 1. The van der Waals surface area contributed by atoms with E-state index >= 15 is 0 Å². The van der Waals surface area contributed by atoms with E-state index in [1.54, 1.807) is 37.3 Å². The first-order chi connectivity index (χ1) is 13.5. The predicted octanol–water partition coefficient (Wildman–Crippen LogP) is 3.91. The summed E-state index contributed by atoms with van der Waals surface area (Å²) in [6.07, 6.45) is -5.12. The van der Waals surface area contributed by atoms with E-state index in [4.69, 9.17) is 0 Å². The number of benzene rings is 2. The van der Waals surface area contributed by atoms with Gasteiger partial charge in [0.2, 0.25) is 0 Å². The molecule has 1 heterocycles. The molecule has 152 valence electrons. The second-order valence-electron chi connectivity index (χ2n) is 5.96. The van der Waals surface area contributed by atoms with E-state index in [1.165, 1.54) is 10.7 Å². The van der Waals surface area contributed by atoms with Gasteiger partial charge in [-0.1, -0.05) is 18.2 Å². The summed E-state index contributed by atoms with van der Waals surface area (Å²) in [7, 11) is -4.74. The molecule has 1 N–H and O–H groups in total. The highest BCUT2D eigenvalue weighted by molar-refractivity contribution is 7.92. The monoisotopic (exact) mass is 426 g/mol. The van der Waals surface area contributed by atoms with E-state index < -0.39 is 37.3 Å². The summed E-state index contributed by atoms with van der Waals surface area (Å²) in [5.74, 6) is -0.0832. The van der Waals surface area contributed by atoms with Gasteiger partial charge in [-0.2, -0.15) is 18.3 Å². The van der Waals surface area contributed by atoms with E-state index in [2.05, 4.69) is 9.82 Å². The summed E-state index contributed by atoms with van der Waals surface area (Å²) in [6.45, 7) is 1.59. The van der Waals surface area contributed by atoms with Crippen molar-refractivity contribution in [2.45, 2.75) is 18.0 Å². The molecule has 0 aliphatic heterocycles. The second-order valence-corrected chi connectivity index (χ2v) is 7.61. The zero-order valence-electron chi connectivity index (χ0n) is 14.7. The fourth-order valence-corrected chi connectivity index (χ4v) is 3.86. The number of nitrogens with one attached hydrogen (secondary N) is 1. The van der Waals surface area contributed by atoms with Crippen molar-refractivity contribution >= 4 is 21.5 Å². The number of rotatable bonds is 5. The first-order valence-electron chi connectivity index (χ1n) is 7.99. The van der Waals surface area contributed by atoms with Crippen LogP contribution in [0.15, 0.2) is 59.5 Å². The molecule has 12 heteroatoms. The largest absolute Gasteiger partial charge is 0.417 e. The van der Waals surface area contributed by atoms with Crippen LogP contribution in [0.25, 0.3) is 5.69 Å². The summed E-state index contributed by atoms with van der Waals surface area (Å²) in [5.41, 5.74) is -1.60. The molecule has 8 nitrogen and oxygen atoms in total. The lowest BCUT2D eigenvalue weighted by Gasteiger charge is -2.15. The molecule has 0 spiro atoms. The predicted molar refractivity (Wildman–Crippen MR) is 97.2 cm³/mol. The number of anilines is 1. The third-order valence-electron chi connectivity index (χ3n) is 3.84. The number of para-hydroxylation sites is 1. The average molecular weight is 426 g/mol. The molecule has 0 aliphatic rings. The zero-order chi connectivity index (χ0) is 21.4. The minimum absolute atomic E-state index is 0.0832. The number of sulfonamides is 1. The molecule has 0 amide bonds. The van der Waals surface area contributed by atoms with Crippen LogP contribution in [0.2, 0.25) is 0 Å². The lowest BCUT2D eigenvalue weighted by molar-refractivity contribution is -0.385. The van der Waals surface area contributed by atoms with Crippen molar-refractivity contribution in [1.29, 1.82) is 0 Å². The first kappa shape index (κ1) is 20.3. The highest BCUT2D eigenvalue weighted by atomic mass is 32.2. The van der Waals surface area contributed by atoms with E-state index in [0.717, 1.165) is 0 Å². The van der Waals surface area contributed by atoms with Crippen LogP contribution < -0.4 is 4.72 Å². The average Bonchev–Trinajstić information content (AvgIpc) is 3.00. The van der Waals surface area contributed by atoms with Crippen LogP contribution in [0.3, 0.4) is 0 Å². The first-order valence-corrected chi connectivity index (χ1v) is 9.48. The summed E-state index contributed by atoms with van der Waals surface area (Å²) in [5, 5.41) is 14.9. The number of hydrogen-bond donors (Lipinski definition) is 1. The number of halogens is 3. The maximum Gasteiger partial charge on any atom is 0.417 e. The Kier molecular flexibility index (Phi) is 5.05. The SMILES string of the molecule is Cc1cc(NS(=O)(=O)c2ccc([N+](=O)[O-])cc2C(F)(F)F)n(-c2ccccc2)n1. The maximum absolute atomic E-state index is 13.4. The van der Waals surface area contributed by atoms with Crippen LogP contribution in [0.5, 0.6) is 0 Å². The third-order valence-corrected chi connectivity index (χ3v) is 5.25. The van der Waals surface area contributed by atoms with Gasteiger partial charge in [-0.15, -0.1) is 0 Å². The highest BCUT2D eigenvalue weighted by Crippen LogP contribution is 2.37. The number of alkyl halides is 3. The standard InChI is InChI=1S/C17H13F3N4O4S/c1-11-9-16(23(21-11)12-5-3-2-4-6-12)22-29(27,28)15-8-7-13(24(25)26)10-14(15)17(18,19)20/h2-10,22H,1H3. The van der Waals surface area contributed by atoms with Crippen molar-refractivity contribution in [1.82, 2.24) is 9.78 Å². The van der Waals surface area contributed by atoms with Gasteiger partial charge >= 0.3 is 6.18 Å². The lowest BCUT2D eigenvalue weighted by Crippen LogP contribution is -2.20. The molecule has 2 aromatic carbocycles. The number of nitro benzene ring substituents is 1. The van der Waals surface area contributed by atoms with Crippen LogP contribution in [0.4, 0.5) is 24.7 Å². The van der Waals surface area contributed by atoms with Crippen molar-refractivity contribution < 1.29 is 26.5 Å². The molecule has 3 rings (SSSR count). The minimum Gasteiger partial charge on any atom is -0.263 e. The normalized spacial score (nSPS) is 12.0. The van der Waals surface area contributed by atoms with Gasteiger partial charge in [0.25, 0.3) is 15.7 Å². The summed E-state index contributed by atoms with van der Waals surface area (Å²) < 4.78 is 68.9. The van der Waals surface area contributed by atoms with Gasteiger partial charge in [-0.05, 0) is 25.1 Å². The Morgan fingerprint density at radius 1 is 1.10 bits per heavy atom. The van der Waals surface area contributed by atoms with Gasteiger partial charge in [-0.3, -0.25) is 14.8 Å². The fraction of sp³-hybridized carbons (Fsp3) is 0.118. The summed E-state index contributed by atoms with van der Waals surface area (Å²) >= 11 is 0. The maximum atomic E-state index is 13.4. The molecule has 0 unspecified atom stereocenters. The molecular formula is C17H13F3N4O4S. The number of nitro groups is 1. The van der Waals surface area contributed by atoms with E-state index in [0.29, 0.717) is 23.5 Å². The molecule has 3 aromatic rings. The quantitative estimate of drug-likeness (QED) is 0.492. The van der Waals surface area contributed by atoms with Gasteiger partial charge in [-0.25, -0.2) is 13.1 Å². The zero-order valence-corrected chi connectivity index (χ0v) is 15.5. The molecule has 0 atom stereocenters. The van der Waals surface area contributed by atoms with E-state index in [1.807, 2.05) is 0 Å². The summed E-state index contributed by atoms with van der Waals surface area (Å²) in [6, 6.07) is 11.2. The Labute approximate surface area is 162 Å². The number of nitrogens with zero attached hydrogens (tertiary/aromatic N) is 3. The second kappa shape index (κ2) is 7.20. The molecular weight excluding hydrogens is 413 g/mol. The Bertz CT molecular complexity index is 1180. The molecule has 29 heavy (non-hydrogen) atoms. The van der Waals surface area contributed by atoms with Gasteiger partial charge in [0.15, 0.2) is 0 Å². The Hall–Kier alpha value is -3.41. The van der Waals surface area contributed by atoms with Crippen LogP contribution in [-0.4, -0.2) is 23.1 Å². The lowest BCUT2D eigenvalue weighted by atomic mass is 10.2. The van der Waals surface area contributed by atoms with Crippen molar-refractivity contribution in [2.24, 2.45) is 0 Å². The van der Waals surface area contributed by atoms with Gasteiger partial charge in [0, 0.05) is 18.2 Å². The smallest absolute Gasteiger partial charge is 0.263 e. The molecule has 0 aliphatic carbocycles.